The average Bonchev–Trinajstić information content (AvgIpc) is 1.89. The lowest BCUT2D eigenvalue weighted by Gasteiger charge is -1.84. The highest BCUT2D eigenvalue weighted by Gasteiger charge is 1.89. The highest BCUT2D eigenvalue weighted by molar-refractivity contribution is 5.63. The summed E-state index contributed by atoms with van der Waals surface area (Å²) in [6.45, 7) is 0.499. The van der Waals surface area contributed by atoms with E-state index >= 15 is 0 Å². The maximum Gasteiger partial charge on any atom is 0.229 e. The van der Waals surface area contributed by atoms with Gasteiger partial charge in [-0.05, 0) is 0 Å². The van der Waals surface area contributed by atoms with Crippen molar-refractivity contribution in [3.05, 3.63) is 0 Å². The van der Waals surface area contributed by atoms with Crippen molar-refractivity contribution in [2.45, 2.75) is 12.5 Å². The molecule has 0 aromatic carbocycles. The van der Waals surface area contributed by atoms with Crippen LogP contribution >= 0.6 is 0 Å². The normalized spacial score (nSPS) is 11.3. The molecule has 0 bridgehead atoms. The molecule has 0 aliphatic rings. The molecule has 4 N–H and O–H groups in total. The third kappa shape index (κ3) is 5.01. The molecule has 0 saturated heterocycles. The predicted octanol–water partition coefficient (Wildman–Crippen LogP) is -1.22. The maximum absolute atomic E-state index is 9.72. The number of rotatable bonds is 2. The van der Waals surface area contributed by atoms with Crippen molar-refractivity contribution in [1.82, 2.24) is 0 Å². The highest BCUT2D eigenvalue weighted by Crippen LogP contribution is 1.69. The van der Waals surface area contributed by atoms with Crippen LogP contribution in [0.25, 0.3) is 0 Å². The first-order valence-electron chi connectivity index (χ1n) is 2.63. The smallest absolute Gasteiger partial charge is 0.229 e. The van der Waals surface area contributed by atoms with Gasteiger partial charge in [-0.3, -0.25) is 4.79 Å². The Labute approximate surface area is 54.4 Å². The van der Waals surface area contributed by atoms with Crippen LogP contribution in [0.15, 0.2) is 0 Å². The number of carbonyl (C=O) groups excluding carboxylic acids is 1. The van der Waals surface area contributed by atoms with E-state index in [-0.39, 0.29) is 0 Å². The summed E-state index contributed by atoms with van der Waals surface area (Å²) in [5.41, 5.74) is 10.2. The molecule has 1 radical (unpaired) electrons. The average molecular weight is 125 g/mol. The van der Waals surface area contributed by atoms with Crippen molar-refractivity contribution in [2.24, 2.45) is 11.5 Å². The fourth-order valence-electron chi connectivity index (χ4n) is 0.284. The van der Waals surface area contributed by atoms with Gasteiger partial charge in [0.1, 0.15) is 6.04 Å². The zero-order valence-corrected chi connectivity index (χ0v) is 5.05. The second kappa shape index (κ2) is 5.29. The molecular formula is C6H9N2O. The lowest BCUT2D eigenvalue weighted by molar-refractivity contribution is 0.551. The van der Waals surface area contributed by atoms with Crippen LogP contribution in [-0.2, 0) is 4.79 Å². The Morgan fingerprint density at radius 3 is 2.67 bits per heavy atom. The molecule has 0 heterocycles. The maximum atomic E-state index is 9.72. The zero-order valence-electron chi connectivity index (χ0n) is 5.05. The third-order valence-electron chi connectivity index (χ3n) is 0.654. The van der Waals surface area contributed by atoms with Gasteiger partial charge in [0, 0.05) is 13.0 Å². The van der Waals surface area contributed by atoms with E-state index in [2.05, 4.69) is 11.8 Å². The SMILES string of the molecule is NCCC#CC(N)[C]=O. The fourth-order valence-corrected chi connectivity index (χ4v) is 0.284. The molecule has 3 nitrogen and oxygen atoms in total. The van der Waals surface area contributed by atoms with Crippen molar-refractivity contribution < 1.29 is 4.79 Å². The number of hydrogen-bond donors (Lipinski definition) is 2. The van der Waals surface area contributed by atoms with Crippen molar-refractivity contribution >= 4 is 6.29 Å². The van der Waals surface area contributed by atoms with E-state index in [1.165, 1.54) is 6.29 Å². The molecule has 1 atom stereocenters. The number of hydrogen-bond acceptors (Lipinski definition) is 3. The summed E-state index contributed by atoms with van der Waals surface area (Å²) in [6, 6.07) is -0.767. The molecule has 49 valence electrons. The van der Waals surface area contributed by atoms with E-state index in [4.69, 9.17) is 11.5 Å². The van der Waals surface area contributed by atoms with Crippen LogP contribution < -0.4 is 11.5 Å². The topological polar surface area (TPSA) is 69.1 Å². The van der Waals surface area contributed by atoms with Crippen LogP contribution in [0.2, 0.25) is 0 Å². The summed E-state index contributed by atoms with van der Waals surface area (Å²) in [6.07, 6.45) is 2.12. The quantitative estimate of drug-likeness (QED) is 0.454. The molecule has 0 aromatic rings. The lowest BCUT2D eigenvalue weighted by Crippen LogP contribution is -2.18. The molecule has 0 aromatic heterocycles. The monoisotopic (exact) mass is 125 g/mol. The second-order valence-electron chi connectivity index (χ2n) is 1.46. The van der Waals surface area contributed by atoms with Crippen LogP contribution in [0.4, 0.5) is 0 Å². The molecule has 9 heavy (non-hydrogen) atoms. The molecule has 0 aliphatic heterocycles. The molecule has 3 heteroatoms. The fraction of sp³-hybridized carbons (Fsp3) is 0.500. The van der Waals surface area contributed by atoms with Crippen LogP contribution in [0.3, 0.4) is 0 Å². The van der Waals surface area contributed by atoms with Crippen molar-refractivity contribution in [2.75, 3.05) is 6.54 Å². The van der Waals surface area contributed by atoms with Crippen molar-refractivity contribution in [3.63, 3.8) is 0 Å². The Kier molecular flexibility index (Phi) is 4.79. The van der Waals surface area contributed by atoms with Gasteiger partial charge in [0.2, 0.25) is 6.29 Å². The Balaban J connectivity index is 3.45. The summed E-state index contributed by atoms with van der Waals surface area (Å²) in [7, 11) is 0. The minimum atomic E-state index is -0.767. The minimum absolute atomic E-state index is 0.499. The number of nitrogens with two attached hydrogens (primary N) is 2. The first kappa shape index (κ1) is 8.15. The van der Waals surface area contributed by atoms with Gasteiger partial charge < -0.3 is 11.5 Å². The lowest BCUT2D eigenvalue weighted by atomic mass is 10.3. The molecule has 0 amide bonds. The van der Waals surface area contributed by atoms with Gasteiger partial charge in [0.15, 0.2) is 0 Å². The first-order chi connectivity index (χ1) is 4.31. The van der Waals surface area contributed by atoms with Gasteiger partial charge in [0.25, 0.3) is 0 Å². The predicted molar refractivity (Wildman–Crippen MR) is 35.1 cm³/mol. The Morgan fingerprint density at radius 1 is 1.56 bits per heavy atom. The van der Waals surface area contributed by atoms with Crippen LogP contribution in [0, 0.1) is 11.8 Å². The van der Waals surface area contributed by atoms with E-state index < -0.39 is 6.04 Å². The molecule has 0 spiro atoms. The van der Waals surface area contributed by atoms with Gasteiger partial charge in [-0.2, -0.15) is 0 Å². The van der Waals surface area contributed by atoms with Gasteiger partial charge in [-0.15, -0.1) is 0 Å². The van der Waals surface area contributed by atoms with Crippen LogP contribution in [0.1, 0.15) is 6.42 Å². The third-order valence-corrected chi connectivity index (χ3v) is 0.654. The summed E-state index contributed by atoms with van der Waals surface area (Å²) >= 11 is 0. The largest absolute Gasteiger partial charge is 0.330 e. The Hall–Kier alpha value is -0.850. The van der Waals surface area contributed by atoms with Crippen molar-refractivity contribution in [1.29, 1.82) is 0 Å². The Morgan fingerprint density at radius 2 is 2.22 bits per heavy atom. The van der Waals surface area contributed by atoms with E-state index in [0.29, 0.717) is 13.0 Å². The Bertz CT molecular complexity index is 134. The molecule has 0 fully saturated rings. The molecule has 0 aliphatic carbocycles. The van der Waals surface area contributed by atoms with Gasteiger partial charge in [0.05, 0.1) is 0 Å². The zero-order chi connectivity index (χ0) is 7.11. The molecule has 0 rings (SSSR count). The van der Waals surface area contributed by atoms with Gasteiger partial charge in [-0.1, -0.05) is 11.8 Å². The van der Waals surface area contributed by atoms with Gasteiger partial charge >= 0.3 is 0 Å². The van der Waals surface area contributed by atoms with E-state index in [0.717, 1.165) is 0 Å². The summed E-state index contributed by atoms with van der Waals surface area (Å²) in [4.78, 5) is 9.72. The van der Waals surface area contributed by atoms with Gasteiger partial charge in [-0.25, -0.2) is 0 Å². The molecule has 1 unspecified atom stereocenters. The van der Waals surface area contributed by atoms with E-state index in [1.807, 2.05) is 0 Å². The first-order valence-corrected chi connectivity index (χ1v) is 2.63. The van der Waals surface area contributed by atoms with Crippen molar-refractivity contribution in [3.8, 4) is 11.8 Å². The highest BCUT2D eigenvalue weighted by atomic mass is 16.1. The molecule has 0 saturated carbocycles. The standard InChI is InChI=1S/C6H9N2O/c7-4-2-1-3-6(8)5-9/h6H,2,4,7-8H2. The minimum Gasteiger partial charge on any atom is -0.330 e. The van der Waals surface area contributed by atoms with E-state index in [9.17, 15) is 4.79 Å². The summed E-state index contributed by atoms with van der Waals surface area (Å²) in [5, 5.41) is 0. The van der Waals surface area contributed by atoms with Crippen LogP contribution in [0.5, 0.6) is 0 Å². The molecular weight excluding hydrogens is 116 g/mol. The second-order valence-corrected chi connectivity index (χ2v) is 1.46. The summed E-state index contributed by atoms with van der Waals surface area (Å²) in [5.74, 6) is 5.08. The summed E-state index contributed by atoms with van der Waals surface area (Å²) < 4.78 is 0. The van der Waals surface area contributed by atoms with Crippen LogP contribution in [-0.4, -0.2) is 18.9 Å². The van der Waals surface area contributed by atoms with E-state index in [1.54, 1.807) is 0 Å².